The monoisotopic (exact) mass is 333 g/mol. The van der Waals surface area contributed by atoms with Crippen LogP contribution in [0.3, 0.4) is 0 Å². The first-order chi connectivity index (χ1) is 12.1. The average Bonchev–Trinajstić information content (AvgIpc) is 3.01. The van der Waals surface area contributed by atoms with Gasteiger partial charge in [0, 0.05) is 5.69 Å². The number of nitrogens with one attached hydrogen (secondary N) is 1. The minimum atomic E-state index is -0.108. The van der Waals surface area contributed by atoms with E-state index in [0.29, 0.717) is 12.1 Å². The summed E-state index contributed by atoms with van der Waals surface area (Å²) in [5.41, 5.74) is 5.84. The smallest absolute Gasteiger partial charge is 0.259 e. The quantitative estimate of drug-likeness (QED) is 0.754. The molecule has 4 heteroatoms. The van der Waals surface area contributed by atoms with Gasteiger partial charge in [-0.25, -0.2) is 0 Å². The van der Waals surface area contributed by atoms with Gasteiger partial charge in [-0.15, -0.1) is 0 Å². The van der Waals surface area contributed by atoms with Crippen molar-refractivity contribution in [2.75, 3.05) is 5.32 Å². The summed E-state index contributed by atoms with van der Waals surface area (Å²) in [6.07, 6.45) is 2.42. The summed E-state index contributed by atoms with van der Waals surface area (Å²) in [6, 6.07) is 16.2. The summed E-state index contributed by atoms with van der Waals surface area (Å²) < 4.78 is 1.91. The number of aromatic nitrogens is 2. The molecule has 0 saturated heterocycles. The molecule has 1 amide bonds. The predicted molar refractivity (Wildman–Crippen MR) is 101 cm³/mol. The van der Waals surface area contributed by atoms with Crippen molar-refractivity contribution >= 4 is 11.6 Å². The van der Waals surface area contributed by atoms with Gasteiger partial charge < -0.3 is 5.32 Å². The molecular formula is C21H23N3O. The molecule has 0 unspecified atom stereocenters. The Balaban J connectivity index is 1.83. The second-order valence-electron chi connectivity index (χ2n) is 6.27. The zero-order valence-electron chi connectivity index (χ0n) is 14.9. The Hall–Kier alpha value is -2.88. The molecule has 3 rings (SSSR count). The highest BCUT2D eigenvalue weighted by Gasteiger charge is 2.17. The summed E-state index contributed by atoms with van der Waals surface area (Å²) in [5.74, 6) is -0.108. The van der Waals surface area contributed by atoms with Crippen LogP contribution >= 0.6 is 0 Å². The van der Waals surface area contributed by atoms with Crippen molar-refractivity contribution in [3.63, 3.8) is 0 Å². The lowest BCUT2D eigenvalue weighted by Gasteiger charge is -2.10. The molecule has 128 valence electrons. The third kappa shape index (κ3) is 3.79. The molecule has 2 aromatic carbocycles. The van der Waals surface area contributed by atoms with E-state index in [2.05, 4.69) is 28.6 Å². The number of carbonyl (C=O) groups is 1. The van der Waals surface area contributed by atoms with E-state index in [1.54, 1.807) is 6.20 Å². The summed E-state index contributed by atoms with van der Waals surface area (Å²) in [5, 5.41) is 7.45. The van der Waals surface area contributed by atoms with Crippen LogP contribution in [0.5, 0.6) is 0 Å². The van der Waals surface area contributed by atoms with Crippen molar-refractivity contribution in [1.29, 1.82) is 0 Å². The fraction of sp³-hybridized carbons (Fsp3) is 0.238. The number of hydrogen-bond acceptors (Lipinski definition) is 2. The van der Waals surface area contributed by atoms with Crippen LogP contribution in [-0.4, -0.2) is 15.7 Å². The Kier molecular flexibility index (Phi) is 4.98. The van der Waals surface area contributed by atoms with Crippen LogP contribution in [0.15, 0.2) is 54.7 Å². The van der Waals surface area contributed by atoms with Gasteiger partial charge in [0.25, 0.3) is 5.91 Å². The first-order valence-corrected chi connectivity index (χ1v) is 8.55. The standard InChI is InChI=1S/C21H23N3O/c1-4-20-18(13-22-24(20)14-17-8-6-5-7-9-17)21(25)23-19-11-10-15(2)12-16(19)3/h5-13H,4,14H2,1-3H3,(H,23,25). The Bertz CT molecular complexity index is 881. The van der Waals surface area contributed by atoms with Gasteiger partial charge in [-0.3, -0.25) is 9.48 Å². The van der Waals surface area contributed by atoms with Gasteiger partial charge in [0.1, 0.15) is 0 Å². The fourth-order valence-corrected chi connectivity index (χ4v) is 3.01. The molecule has 25 heavy (non-hydrogen) atoms. The number of hydrogen-bond donors (Lipinski definition) is 1. The zero-order chi connectivity index (χ0) is 17.8. The largest absolute Gasteiger partial charge is 0.322 e. The number of benzene rings is 2. The van der Waals surface area contributed by atoms with Crippen LogP contribution in [0.4, 0.5) is 5.69 Å². The van der Waals surface area contributed by atoms with Gasteiger partial charge in [0.05, 0.1) is 24.0 Å². The van der Waals surface area contributed by atoms with Crippen molar-refractivity contribution in [1.82, 2.24) is 9.78 Å². The van der Waals surface area contributed by atoms with Crippen molar-refractivity contribution in [2.24, 2.45) is 0 Å². The minimum absolute atomic E-state index is 0.108. The molecule has 0 fully saturated rings. The number of carbonyl (C=O) groups excluding carboxylic acids is 1. The van der Waals surface area contributed by atoms with Crippen molar-refractivity contribution < 1.29 is 4.79 Å². The fourth-order valence-electron chi connectivity index (χ4n) is 3.01. The van der Waals surface area contributed by atoms with Crippen molar-refractivity contribution in [3.8, 4) is 0 Å². The van der Waals surface area contributed by atoms with Crippen LogP contribution in [0, 0.1) is 13.8 Å². The van der Waals surface area contributed by atoms with Crippen LogP contribution in [0.25, 0.3) is 0 Å². The number of aryl methyl sites for hydroxylation is 2. The van der Waals surface area contributed by atoms with Crippen LogP contribution in [0.2, 0.25) is 0 Å². The third-order valence-corrected chi connectivity index (χ3v) is 4.33. The Morgan fingerprint density at radius 3 is 2.56 bits per heavy atom. The van der Waals surface area contributed by atoms with E-state index < -0.39 is 0 Å². The van der Waals surface area contributed by atoms with Gasteiger partial charge >= 0.3 is 0 Å². The molecule has 0 saturated carbocycles. The summed E-state index contributed by atoms with van der Waals surface area (Å²) >= 11 is 0. The summed E-state index contributed by atoms with van der Waals surface area (Å²) in [7, 11) is 0. The molecule has 0 spiro atoms. The number of nitrogens with zero attached hydrogens (tertiary/aromatic N) is 2. The highest BCUT2D eigenvalue weighted by Crippen LogP contribution is 2.19. The van der Waals surface area contributed by atoms with E-state index >= 15 is 0 Å². The molecule has 1 heterocycles. The summed E-state index contributed by atoms with van der Waals surface area (Å²) in [6.45, 7) is 6.76. The lowest BCUT2D eigenvalue weighted by molar-refractivity contribution is 0.102. The normalized spacial score (nSPS) is 10.7. The van der Waals surface area contributed by atoms with E-state index in [4.69, 9.17) is 0 Å². The minimum Gasteiger partial charge on any atom is -0.322 e. The highest BCUT2D eigenvalue weighted by atomic mass is 16.1. The van der Waals surface area contributed by atoms with Gasteiger partial charge in [0.15, 0.2) is 0 Å². The maximum Gasteiger partial charge on any atom is 0.259 e. The number of anilines is 1. The SMILES string of the molecule is CCc1c(C(=O)Nc2ccc(C)cc2C)cnn1Cc1ccccc1. The van der Waals surface area contributed by atoms with E-state index in [0.717, 1.165) is 23.4 Å². The number of rotatable bonds is 5. The van der Waals surface area contributed by atoms with E-state index in [-0.39, 0.29) is 5.91 Å². The topological polar surface area (TPSA) is 46.9 Å². The predicted octanol–water partition coefficient (Wildman–Crippen LogP) is 4.36. The molecule has 0 bridgehead atoms. The van der Waals surface area contributed by atoms with Gasteiger partial charge in [-0.2, -0.15) is 5.10 Å². The average molecular weight is 333 g/mol. The molecule has 3 aromatic rings. The van der Waals surface area contributed by atoms with Crippen LogP contribution < -0.4 is 5.32 Å². The number of amides is 1. The van der Waals surface area contributed by atoms with Crippen LogP contribution in [0.1, 0.15) is 39.7 Å². The Morgan fingerprint density at radius 2 is 1.88 bits per heavy atom. The molecule has 0 atom stereocenters. The van der Waals surface area contributed by atoms with E-state index in [1.807, 2.05) is 55.8 Å². The van der Waals surface area contributed by atoms with Crippen molar-refractivity contribution in [2.45, 2.75) is 33.7 Å². The Labute approximate surface area is 148 Å². The molecule has 0 aliphatic heterocycles. The maximum atomic E-state index is 12.7. The molecular weight excluding hydrogens is 310 g/mol. The molecule has 0 aliphatic carbocycles. The zero-order valence-corrected chi connectivity index (χ0v) is 14.9. The molecule has 1 N–H and O–H groups in total. The highest BCUT2D eigenvalue weighted by molar-refractivity contribution is 6.05. The first-order valence-electron chi connectivity index (χ1n) is 8.55. The molecule has 0 aliphatic rings. The molecule has 0 radical (unpaired) electrons. The van der Waals surface area contributed by atoms with Gasteiger partial charge in [0.2, 0.25) is 0 Å². The van der Waals surface area contributed by atoms with E-state index in [1.165, 1.54) is 11.1 Å². The molecule has 4 nitrogen and oxygen atoms in total. The van der Waals surface area contributed by atoms with Crippen LogP contribution in [-0.2, 0) is 13.0 Å². The maximum absolute atomic E-state index is 12.7. The molecule has 1 aromatic heterocycles. The Morgan fingerprint density at radius 1 is 1.12 bits per heavy atom. The second-order valence-corrected chi connectivity index (χ2v) is 6.27. The lowest BCUT2D eigenvalue weighted by atomic mass is 10.1. The first kappa shape index (κ1) is 17.0. The van der Waals surface area contributed by atoms with Crippen molar-refractivity contribution in [3.05, 3.63) is 82.7 Å². The van der Waals surface area contributed by atoms with E-state index in [9.17, 15) is 4.79 Å². The van der Waals surface area contributed by atoms with Gasteiger partial charge in [-0.05, 0) is 37.5 Å². The lowest BCUT2D eigenvalue weighted by Crippen LogP contribution is -2.15. The summed E-state index contributed by atoms with van der Waals surface area (Å²) in [4.78, 5) is 12.7. The second kappa shape index (κ2) is 7.34. The third-order valence-electron chi connectivity index (χ3n) is 4.33. The van der Waals surface area contributed by atoms with Gasteiger partial charge in [-0.1, -0.05) is 55.0 Å².